The van der Waals surface area contributed by atoms with Crippen molar-refractivity contribution in [3.05, 3.63) is 182 Å². The standard InChI is InChI=1S/C46H30.5C2H6/c1-2-12-37-30-38(29-22-31(37)10-1)32-20-25-35(26-21-32)45-41-15-5-7-17-43(41)46(44-18-8-6-16-42(44)45)36-27-23-34(24-28-36)40-19-9-13-33-11-3-4-14-39(33)40;5*1-2/h1-30H;5*1-2H3. The minimum absolute atomic E-state index is 1.23. The van der Waals surface area contributed by atoms with Crippen molar-refractivity contribution in [2.24, 2.45) is 0 Å². The second-order valence-electron chi connectivity index (χ2n) is 12.1. The first kappa shape index (κ1) is 42.8. The van der Waals surface area contributed by atoms with Crippen LogP contribution in [-0.2, 0) is 0 Å². The molecule has 0 aromatic heterocycles. The average molecular weight is 733 g/mol. The minimum atomic E-state index is 1.23. The summed E-state index contributed by atoms with van der Waals surface area (Å²) in [5, 5.41) is 10.2. The lowest BCUT2D eigenvalue weighted by molar-refractivity contribution is 1.50. The van der Waals surface area contributed by atoms with Crippen molar-refractivity contribution in [1.29, 1.82) is 0 Å². The molecule has 9 aromatic rings. The summed E-state index contributed by atoms with van der Waals surface area (Å²) in [6.45, 7) is 20.0. The summed E-state index contributed by atoms with van der Waals surface area (Å²) < 4.78 is 0. The molecule has 0 N–H and O–H groups in total. The van der Waals surface area contributed by atoms with Crippen molar-refractivity contribution < 1.29 is 0 Å². The van der Waals surface area contributed by atoms with Crippen LogP contribution in [0.3, 0.4) is 0 Å². The predicted octanol–water partition coefficient (Wildman–Crippen LogP) is 18.1. The highest BCUT2D eigenvalue weighted by atomic mass is 14.2. The molecule has 9 aromatic carbocycles. The van der Waals surface area contributed by atoms with Crippen LogP contribution >= 0.6 is 0 Å². The summed E-state index contributed by atoms with van der Waals surface area (Å²) in [6, 6.07) is 66.5. The molecular weight excluding hydrogens is 673 g/mol. The van der Waals surface area contributed by atoms with Crippen LogP contribution < -0.4 is 0 Å². The lowest BCUT2D eigenvalue weighted by atomic mass is 9.85. The summed E-state index contributed by atoms with van der Waals surface area (Å²) in [6.07, 6.45) is 0. The van der Waals surface area contributed by atoms with E-state index in [1.54, 1.807) is 0 Å². The van der Waals surface area contributed by atoms with E-state index < -0.39 is 0 Å². The van der Waals surface area contributed by atoms with Crippen molar-refractivity contribution in [2.75, 3.05) is 0 Å². The predicted molar refractivity (Wildman–Crippen MR) is 255 cm³/mol. The molecule has 0 spiro atoms. The molecule has 0 radical (unpaired) electrons. The Hall–Kier alpha value is -5.98. The number of hydrogen-bond acceptors (Lipinski definition) is 0. The highest BCUT2D eigenvalue weighted by Crippen LogP contribution is 2.44. The smallest absolute Gasteiger partial charge is 0.00264 e. The van der Waals surface area contributed by atoms with Crippen molar-refractivity contribution in [2.45, 2.75) is 69.2 Å². The second-order valence-corrected chi connectivity index (χ2v) is 12.1. The molecule has 0 aliphatic heterocycles. The second kappa shape index (κ2) is 21.8. The number of hydrogen-bond donors (Lipinski definition) is 0. The van der Waals surface area contributed by atoms with E-state index in [1.165, 1.54) is 87.6 Å². The molecule has 0 saturated heterocycles. The fraction of sp³-hybridized carbons (Fsp3) is 0.179. The topological polar surface area (TPSA) is 0 Å². The molecule has 284 valence electrons. The van der Waals surface area contributed by atoms with Crippen LogP contribution in [0.5, 0.6) is 0 Å². The van der Waals surface area contributed by atoms with E-state index in [0.29, 0.717) is 0 Å². The lowest BCUT2D eigenvalue weighted by Gasteiger charge is -2.18. The molecule has 9 rings (SSSR count). The van der Waals surface area contributed by atoms with Crippen LogP contribution in [0.15, 0.2) is 182 Å². The van der Waals surface area contributed by atoms with Gasteiger partial charge in [-0.1, -0.05) is 245 Å². The van der Waals surface area contributed by atoms with Crippen molar-refractivity contribution >= 4 is 43.1 Å². The first-order chi connectivity index (χ1) is 27.8. The van der Waals surface area contributed by atoms with Crippen LogP contribution in [0, 0.1) is 0 Å². The first-order valence-electron chi connectivity index (χ1n) is 20.9. The van der Waals surface area contributed by atoms with Gasteiger partial charge in [-0.05, 0) is 93.7 Å². The van der Waals surface area contributed by atoms with Gasteiger partial charge in [0.25, 0.3) is 0 Å². The molecule has 56 heavy (non-hydrogen) atoms. The Morgan fingerprint density at radius 3 is 1.04 bits per heavy atom. The first-order valence-corrected chi connectivity index (χ1v) is 20.9. The van der Waals surface area contributed by atoms with Gasteiger partial charge in [-0.15, -0.1) is 0 Å². The maximum atomic E-state index is 2.29. The fourth-order valence-electron chi connectivity index (χ4n) is 7.24. The van der Waals surface area contributed by atoms with Crippen molar-refractivity contribution in [3.63, 3.8) is 0 Å². The molecule has 0 fully saturated rings. The molecule has 0 heterocycles. The van der Waals surface area contributed by atoms with Crippen LogP contribution in [0.25, 0.3) is 87.6 Å². The summed E-state index contributed by atoms with van der Waals surface area (Å²) in [4.78, 5) is 0. The minimum Gasteiger partial charge on any atom is -0.0683 e. The largest absolute Gasteiger partial charge is 0.0683 e. The molecule has 0 atom stereocenters. The summed E-state index contributed by atoms with van der Waals surface area (Å²) >= 11 is 0. The highest BCUT2D eigenvalue weighted by Gasteiger charge is 2.17. The van der Waals surface area contributed by atoms with Crippen LogP contribution in [-0.4, -0.2) is 0 Å². The van der Waals surface area contributed by atoms with Crippen LogP contribution in [0.2, 0.25) is 0 Å². The molecule has 0 aliphatic rings. The highest BCUT2D eigenvalue weighted by molar-refractivity contribution is 6.21. The van der Waals surface area contributed by atoms with Gasteiger partial charge in [0.1, 0.15) is 0 Å². The molecule has 0 saturated carbocycles. The number of benzene rings is 9. The molecular formula is C56H60. The Morgan fingerprint density at radius 2 is 0.554 bits per heavy atom. The zero-order chi connectivity index (χ0) is 40.5. The quantitative estimate of drug-likeness (QED) is 0.158. The number of fused-ring (bicyclic) bond motifs is 4. The van der Waals surface area contributed by atoms with E-state index in [0.717, 1.165) is 0 Å². The van der Waals surface area contributed by atoms with E-state index in [-0.39, 0.29) is 0 Å². The lowest BCUT2D eigenvalue weighted by Crippen LogP contribution is -1.91. The van der Waals surface area contributed by atoms with Crippen LogP contribution in [0.4, 0.5) is 0 Å². The summed E-state index contributed by atoms with van der Waals surface area (Å²) in [7, 11) is 0. The maximum Gasteiger partial charge on any atom is -0.00264 e. The van der Waals surface area contributed by atoms with Gasteiger partial charge in [0.05, 0.1) is 0 Å². The summed E-state index contributed by atoms with van der Waals surface area (Å²) in [5.74, 6) is 0. The Labute approximate surface area is 337 Å². The Bertz CT molecular complexity index is 2490. The van der Waals surface area contributed by atoms with Gasteiger partial charge in [0.2, 0.25) is 0 Å². The zero-order valence-corrected chi connectivity index (χ0v) is 35.3. The van der Waals surface area contributed by atoms with Crippen molar-refractivity contribution in [3.8, 4) is 44.5 Å². The number of rotatable bonds is 4. The average Bonchev–Trinajstić information content (AvgIpc) is 3.31. The summed E-state index contributed by atoms with van der Waals surface area (Å²) in [5.41, 5.74) is 10.00. The zero-order valence-electron chi connectivity index (χ0n) is 35.3. The van der Waals surface area contributed by atoms with Gasteiger partial charge in [0, 0.05) is 0 Å². The molecule has 0 amide bonds. The molecule has 0 unspecified atom stereocenters. The molecule has 0 aliphatic carbocycles. The van der Waals surface area contributed by atoms with Gasteiger partial charge >= 0.3 is 0 Å². The van der Waals surface area contributed by atoms with E-state index in [2.05, 4.69) is 182 Å². The normalized spacial score (nSPS) is 9.96. The fourth-order valence-corrected chi connectivity index (χ4v) is 7.24. The van der Waals surface area contributed by atoms with E-state index >= 15 is 0 Å². The molecule has 0 heteroatoms. The van der Waals surface area contributed by atoms with Gasteiger partial charge in [0.15, 0.2) is 0 Å². The van der Waals surface area contributed by atoms with Gasteiger partial charge < -0.3 is 0 Å². The van der Waals surface area contributed by atoms with Gasteiger partial charge in [-0.2, -0.15) is 0 Å². The van der Waals surface area contributed by atoms with E-state index in [9.17, 15) is 0 Å². The van der Waals surface area contributed by atoms with Gasteiger partial charge in [-0.3, -0.25) is 0 Å². The third-order valence-corrected chi connectivity index (χ3v) is 9.46. The Morgan fingerprint density at radius 1 is 0.214 bits per heavy atom. The van der Waals surface area contributed by atoms with Crippen molar-refractivity contribution in [1.82, 2.24) is 0 Å². The monoisotopic (exact) mass is 732 g/mol. The SMILES string of the molecule is CC.CC.CC.CC.CC.c1ccc2cc(-c3ccc(-c4c5ccccc5c(-c5ccc(-c6cccc7ccccc67)cc5)c5ccccc45)cc3)ccc2c1. The Kier molecular flexibility index (Phi) is 16.6. The third kappa shape index (κ3) is 8.93. The van der Waals surface area contributed by atoms with Gasteiger partial charge in [-0.25, -0.2) is 0 Å². The van der Waals surface area contributed by atoms with E-state index in [4.69, 9.17) is 0 Å². The third-order valence-electron chi connectivity index (χ3n) is 9.46. The molecule has 0 bridgehead atoms. The van der Waals surface area contributed by atoms with Crippen LogP contribution in [0.1, 0.15) is 69.2 Å². The maximum absolute atomic E-state index is 2.29. The Balaban J connectivity index is 0.000000648. The van der Waals surface area contributed by atoms with E-state index in [1.807, 2.05) is 69.2 Å². The molecule has 0 nitrogen and oxygen atoms in total.